The Morgan fingerprint density at radius 3 is 2.97 bits per heavy atom. The summed E-state index contributed by atoms with van der Waals surface area (Å²) < 4.78 is 29.2. The second-order valence-electron chi connectivity index (χ2n) is 8.00. The number of rotatable bonds is 3. The number of nitrogens with zero attached hydrogens (tertiary/aromatic N) is 3. The molecule has 0 saturated carbocycles. The third-order valence-electron chi connectivity index (χ3n) is 6.04. The summed E-state index contributed by atoms with van der Waals surface area (Å²) in [7, 11) is -4.05. The first-order valence-electron chi connectivity index (χ1n) is 10.1. The largest absolute Gasteiger partial charge is 0.333 e. The molecule has 0 radical (unpaired) electrons. The molecule has 10 heteroatoms. The number of aryl methyl sites for hydroxylation is 1. The molecule has 3 heterocycles. The molecule has 1 unspecified atom stereocenters. The first-order chi connectivity index (χ1) is 13.9. The normalized spacial score (nSPS) is 20.1. The van der Waals surface area contributed by atoms with E-state index in [1.54, 1.807) is 4.68 Å². The molecule has 2 aromatic heterocycles. The lowest BCUT2D eigenvalue weighted by Gasteiger charge is -2.16. The Kier molecular flexibility index (Phi) is 4.36. The van der Waals surface area contributed by atoms with E-state index in [2.05, 4.69) is 27.4 Å². The maximum absolute atomic E-state index is 12.7. The number of fused-ring (bicyclic) bond motifs is 3. The molecular formula is C19H24N6O3S. The summed E-state index contributed by atoms with van der Waals surface area (Å²) in [6.45, 7) is 4.04. The number of anilines is 1. The van der Waals surface area contributed by atoms with E-state index in [0.717, 1.165) is 72.5 Å². The quantitative estimate of drug-likeness (QED) is 0.697. The van der Waals surface area contributed by atoms with Gasteiger partial charge in [0, 0.05) is 30.5 Å². The highest BCUT2D eigenvalue weighted by atomic mass is 32.2. The fourth-order valence-corrected chi connectivity index (χ4v) is 5.46. The van der Waals surface area contributed by atoms with Crippen LogP contribution in [0, 0.1) is 0 Å². The summed E-state index contributed by atoms with van der Waals surface area (Å²) in [4.78, 5) is 17.5. The van der Waals surface area contributed by atoms with E-state index in [-0.39, 0.29) is 5.03 Å². The topological polar surface area (TPSA) is 118 Å². The van der Waals surface area contributed by atoms with Gasteiger partial charge < -0.3 is 10.6 Å². The van der Waals surface area contributed by atoms with Crippen LogP contribution in [0.1, 0.15) is 53.9 Å². The number of amides is 2. The monoisotopic (exact) mass is 416 g/mol. The smallest absolute Gasteiger partial charge is 0.309 e. The van der Waals surface area contributed by atoms with Crippen molar-refractivity contribution >= 4 is 21.7 Å². The van der Waals surface area contributed by atoms with Gasteiger partial charge in [0.15, 0.2) is 5.03 Å². The number of sulfonamides is 1. The predicted molar refractivity (Wildman–Crippen MR) is 106 cm³/mol. The van der Waals surface area contributed by atoms with E-state index in [9.17, 15) is 13.2 Å². The molecule has 0 saturated heterocycles. The van der Waals surface area contributed by atoms with Crippen molar-refractivity contribution in [3.05, 3.63) is 34.3 Å². The SMILES string of the molecule is CC1CCc2c1nc1c(c2NC(=O)NS(=O)(=O)c2cc3n(n2)CCNC3)CCC1. The highest BCUT2D eigenvalue weighted by molar-refractivity contribution is 7.90. The first kappa shape index (κ1) is 18.6. The standard InChI is InChI=1S/C19H24N6O3S/c1-11-5-6-14-17(11)21-15-4-2-3-13(15)18(14)22-19(26)24-29(27,28)16-9-12-10-20-7-8-25(12)23-16/h9,11,20H,2-8,10H2,1H3,(H2,21,22,24,26). The summed E-state index contributed by atoms with van der Waals surface area (Å²) in [5, 5.41) is 10.0. The van der Waals surface area contributed by atoms with Crippen LogP contribution in [0.2, 0.25) is 0 Å². The number of carbonyl (C=O) groups excluding carboxylic acids is 1. The van der Waals surface area contributed by atoms with Gasteiger partial charge in [-0.25, -0.2) is 9.52 Å². The average molecular weight is 417 g/mol. The summed E-state index contributed by atoms with van der Waals surface area (Å²) in [5.74, 6) is 0.355. The van der Waals surface area contributed by atoms with E-state index < -0.39 is 16.1 Å². The zero-order valence-corrected chi connectivity index (χ0v) is 17.1. The van der Waals surface area contributed by atoms with E-state index in [4.69, 9.17) is 4.98 Å². The van der Waals surface area contributed by atoms with Gasteiger partial charge in [-0.2, -0.15) is 13.5 Å². The molecule has 5 rings (SSSR count). The zero-order chi connectivity index (χ0) is 20.2. The van der Waals surface area contributed by atoms with Gasteiger partial charge in [0.05, 0.1) is 17.9 Å². The maximum atomic E-state index is 12.7. The third kappa shape index (κ3) is 3.20. The van der Waals surface area contributed by atoms with Gasteiger partial charge in [-0.15, -0.1) is 0 Å². The van der Waals surface area contributed by atoms with Gasteiger partial charge in [-0.05, 0) is 49.1 Å². The summed E-state index contributed by atoms with van der Waals surface area (Å²) >= 11 is 0. The van der Waals surface area contributed by atoms with Crippen molar-refractivity contribution in [3.63, 3.8) is 0 Å². The second kappa shape index (κ2) is 6.81. The van der Waals surface area contributed by atoms with Crippen LogP contribution in [-0.2, 0) is 42.4 Å². The molecule has 0 fully saturated rings. The number of urea groups is 1. The Bertz CT molecular complexity index is 1080. The molecular weight excluding hydrogens is 392 g/mol. The molecule has 0 aromatic carbocycles. The van der Waals surface area contributed by atoms with Crippen molar-refractivity contribution in [2.45, 2.75) is 63.1 Å². The van der Waals surface area contributed by atoms with Crippen molar-refractivity contribution in [3.8, 4) is 0 Å². The van der Waals surface area contributed by atoms with Crippen molar-refractivity contribution in [1.82, 2.24) is 24.8 Å². The Morgan fingerprint density at radius 2 is 2.14 bits per heavy atom. The molecule has 29 heavy (non-hydrogen) atoms. The van der Waals surface area contributed by atoms with Crippen molar-refractivity contribution in [1.29, 1.82) is 0 Å². The van der Waals surface area contributed by atoms with Crippen LogP contribution in [0.3, 0.4) is 0 Å². The number of carbonyl (C=O) groups is 1. The van der Waals surface area contributed by atoms with Gasteiger partial charge in [0.25, 0.3) is 10.0 Å². The second-order valence-corrected chi connectivity index (χ2v) is 9.63. The average Bonchev–Trinajstić information content (AvgIpc) is 3.40. The molecule has 0 spiro atoms. The summed E-state index contributed by atoms with van der Waals surface area (Å²) in [6, 6.07) is 0.752. The Labute approximate surface area is 169 Å². The van der Waals surface area contributed by atoms with Crippen molar-refractivity contribution < 1.29 is 13.2 Å². The van der Waals surface area contributed by atoms with E-state index in [0.29, 0.717) is 19.0 Å². The molecule has 3 N–H and O–H groups in total. The van der Waals surface area contributed by atoms with Crippen LogP contribution in [0.5, 0.6) is 0 Å². The Balaban J connectivity index is 1.40. The van der Waals surface area contributed by atoms with E-state index in [1.165, 1.54) is 6.07 Å². The summed E-state index contributed by atoms with van der Waals surface area (Å²) in [5.41, 5.74) is 5.72. The third-order valence-corrected chi connectivity index (χ3v) is 7.24. The minimum Gasteiger partial charge on any atom is -0.309 e. The van der Waals surface area contributed by atoms with Crippen molar-refractivity contribution in [2.75, 3.05) is 11.9 Å². The highest BCUT2D eigenvalue weighted by Gasteiger charge is 2.31. The lowest BCUT2D eigenvalue weighted by molar-refractivity contribution is 0.256. The van der Waals surface area contributed by atoms with Gasteiger partial charge in [-0.3, -0.25) is 9.67 Å². The number of aromatic nitrogens is 3. The van der Waals surface area contributed by atoms with Crippen LogP contribution >= 0.6 is 0 Å². The lowest BCUT2D eigenvalue weighted by Crippen LogP contribution is -2.35. The first-order valence-corrected chi connectivity index (χ1v) is 11.6. The Morgan fingerprint density at radius 1 is 1.28 bits per heavy atom. The van der Waals surface area contributed by atoms with Crippen LogP contribution in [0.25, 0.3) is 0 Å². The van der Waals surface area contributed by atoms with Crippen LogP contribution in [0.15, 0.2) is 11.1 Å². The van der Waals surface area contributed by atoms with Gasteiger partial charge in [0.2, 0.25) is 0 Å². The van der Waals surface area contributed by atoms with Gasteiger partial charge in [-0.1, -0.05) is 6.92 Å². The molecule has 1 atom stereocenters. The number of hydrogen-bond donors (Lipinski definition) is 3. The minimum atomic E-state index is -4.05. The van der Waals surface area contributed by atoms with Crippen LogP contribution in [0.4, 0.5) is 10.5 Å². The Hall–Kier alpha value is -2.46. The predicted octanol–water partition coefficient (Wildman–Crippen LogP) is 1.43. The molecule has 1 aliphatic heterocycles. The van der Waals surface area contributed by atoms with Crippen LogP contribution < -0.4 is 15.4 Å². The highest BCUT2D eigenvalue weighted by Crippen LogP contribution is 2.41. The minimum absolute atomic E-state index is 0.134. The molecule has 2 aliphatic carbocycles. The van der Waals surface area contributed by atoms with Gasteiger partial charge >= 0.3 is 6.03 Å². The zero-order valence-electron chi connectivity index (χ0n) is 16.3. The molecule has 0 bridgehead atoms. The molecule has 2 amide bonds. The maximum Gasteiger partial charge on any atom is 0.333 e. The molecule has 154 valence electrons. The molecule has 3 aliphatic rings. The number of hydrogen-bond acceptors (Lipinski definition) is 6. The fourth-order valence-electron chi connectivity index (χ4n) is 4.56. The van der Waals surface area contributed by atoms with E-state index in [1.807, 2.05) is 0 Å². The molecule has 2 aromatic rings. The lowest BCUT2D eigenvalue weighted by atomic mass is 10.0. The number of pyridine rings is 1. The molecule has 9 nitrogen and oxygen atoms in total. The van der Waals surface area contributed by atoms with Crippen molar-refractivity contribution in [2.24, 2.45) is 0 Å². The van der Waals surface area contributed by atoms with Crippen LogP contribution in [-0.4, -0.2) is 35.8 Å². The number of nitrogens with one attached hydrogen (secondary N) is 3. The summed E-state index contributed by atoms with van der Waals surface area (Å²) in [6.07, 6.45) is 4.60. The van der Waals surface area contributed by atoms with E-state index >= 15 is 0 Å². The fraction of sp³-hybridized carbons (Fsp3) is 0.526. The van der Waals surface area contributed by atoms with Gasteiger partial charge in [0.1, 0.15) is 0 Å².